The number of hydrogen-bond donors (Lipinski definition) is 2. The van der Waals surface area contributed by atoms with Crippen LogP contribution in [0.5, 0.6) is 0 Å². The van der Waals surface area contributed by atoms with Gasteiger partial charge in [0, 0.05) is 12.1 Å². The molecule has 2 saturated carbocycles. The summed E-state index contributed by atoms with van der Waals surface area (Å²) in [5.41, 5.74) is 0. The molecule has 0 aliphatic heterocycles. The van der Waals surface area contributed by atoms with Crippen LogP contribution in [-0.4, -0.2) is 24.5 Å². The third kappa shape index (κ3) is 5.38. The number of amides is 1. The van der Waals surface area contributed by atoms with E-state index >= 15 is 0 Å². The molecular weight excluding hydrogens is 224 g/mol. The van der Waals surface area contributed by atoms with Gasteiger partial charge in [0.25, 0.3) is 0 Å². The molecule has 0 aromatic heterocycles. The van der Waals surface area contributed by atoms with E-state index in [0.717, 1.165) is 5.92 Å². The van der Waals surface area contributed by atoms with E-state index in [0.29, 0.717) is 18.6 Å². The second-order valence-electron chi connectivity index (χ2n) is 6.22. The van der Waals surface area contributed by atoms with E-state index in [9.17, 15) is 4.79 Å². The Hall–Kier alpha value is -0.570. The van der Waals surface area contributed by atoms with Crippen molar-refractivity contribution < 1.29 is 4.79 Å². The predicted octanol–water partition coefficient (Wildman–Crippen LogP) is 2.60. The fraction of sp³-hybridized carbons (Fsp3) is 0.933. The topological polar surface area (TPSA) is 41.1 Å². The van der Waals surface area contributed by atoms with Gasteiger partial charge in [0.15, 0.2) is 0 Å². The van der Waals surface area contributed by atoms with Gasteiger partial charge in [-0.3, -0.25) is 4.79 Å². The summed E-state index contributed by atoms with van der Waals surface area (Å²) in [6.07, 6.45) is 11.6. The van der Waals surface area contributed by atoms with Crippen LogP contribution >= 0.6 is 0 Å². The molecule has 104 valence electrons. The van der Waals surface area contributed by atoms with Crippen LogP contribution in [-0.2, 0) is 4.79 Å². The van der Waals surface area contributed by atoms with Crippen LogP contribution < -0.4 is 10.6 Å². The van der Waals surface area contributed by atoms with Gasteiger partial charge in [-0.25, -0.2) is 0 Å². The predicted molar refractivity (Wildman–Crippen MR) is 74.4 cm³/mol. The molecule has 2 fully saturated rings. The first-order valence-corrected chi connectivity index (χ1v) is 7.77. The van der Waals surface area contributed by atoms with Gasteiger partial charge in [0.05, 0.1) is 6.54 Å². The molecule has 18 heavy (non-hydrogen) atoms. The number of rotatable bonds is 6. The molecule has 3 heteroatoms. The van der Waals surface area contributed by atoms with Crippen LogP contribution in [0.25, 0.3) is 0 Å². The average Bonchev–Trinajstić information content (AvgIpc) is 3.14. The van der Waals surface area contributed by atoms with Gasteiger partial charge < -0.3 is 10.6 Å². The first kappa shape index (κ1) is 13.9. The Labute approximate surface area is 111 Å². The van der Waals surface area contributed by atoms with E-state index in [2.05, 4.69) is 17.6 Å². The SMILES string of the molecule is CC(CC1CC1)NCC(=O)NC1CCCCCC1. The van der Waals surface area contributed by atoms with Gasteiger partial charge in [-0.05, 0) is 32.1 Å². The molecule has 0 aromatic carbocycles. The molecule has 0 saturated heterocycles. The molecule has 1 unspecified atom stereocenters. The zero-order valence-electron chi connectivity index (χ0n) is 11.7. The molecule has 2 aliphatic carbocycles. The second-order valence-corrected chi connectivity index (χ2v) is 6.22. The zero-order chi connectivity index (χ0) is 12.8. The van der Waals surface area contributed by atoms with E-state index < -0.39 is 0 Å². The van der Waals surface area contributed by atoms with Crippen molar-refractivity contribution in [1.29, 1.82) is 0 Å². The van der Waals surface area contributed by atoms with Crippen LogP contribution in [0.4, 0.5) is 0 Å². The Kier molecular flexibility index (Phi) is 5.48. The summed E-state index contributed by atoms with van der Waals surface area (Å²) in [5.74, 6) is 1.11. The summed E-state index contributed by atoms with van der Waals surface area (Å²) in [7, 11) is 0. The number of hydrogen-bond acceptors (Lipinski definition) is 2. The maximum absolute atomic E-state index is 11.9. The van der Waals surface area contributed by atoms with E-state index in [-0.39, 0.29) is 5.91 Å². The zero-order valence-corrected chi connectivity index (χ0v) is 11.7. The minimum Gasteiger partial charge on any atom is -0.352 e. The highest BCUT2D eigenvalue weighted by molar-refractivity contribution is 5.78. The molecular formula is C15H28N2O. The Morgan fingerprint density at radius 3 is 2.39 bits per heavy atom. The number of carbonyl (C=O) groups is 1. The van der Waals surface area contributed by atoms with Crippen LogP contribution in [0.3, 0.4) is 0 Å². The standard InChI is InChI=1S/C15H28N2O/c1-12(10-13-8-9-13)16-11-15(18)17-14-6-4-2-3-5-7-14/h12-14,16H,2-11H2,1H3,(H,17,18). The summed E-state index contributed by atoms with van der Waals surface area (Å²) in [5, 5.41) is 6.53. The molecule has 2 rings (SSSR count). The van der Waals surface area contributed by atoms with Crippen molar-refractivity contribution in [3.05, 3.63) is 0 Å². The van der Waals surface area contributed by atoms with Crippen LogP contribution in [0, 0.1) is 5.92 Å². The van der Waals surface area contributed by atoms with Crippen molar-refractivity contribution in [3.63, 3.8) is 0 Å². The summed E-state index contributed by atoms with van der Waals surface area (Å²) in [6, 6.07) is 0.915. The Morgan fingerprint density at radius 2 is 1.78 bits per heavy atom. The lowest BCUT2D eigenvalue weighted by Gasteiger charge is -2.18. The van der Waals surface area contributed by atoms with Crippen LogP contribution in [0.2, 0.25) is 0 Å². The van der Waals surface area contributed by atoms with Crippen molar-refractivity contribution in [2.45, 2.75) is 76.8 Å². The third-order valence-corrected chi connectivity index (χ3v) is 4.22. The molecule has 2 aliphatic rings. The van der Waals surface area contributed by atoms with Crippen molar-refractivity contribution >= 4 is 5.91 Å². The van der Waals surface area contributed by atoms with Crippen molar-refractivity contribution in [2.75, 3.05) is 6.54 Å². The maximum atomic E-state index is 11.9. The molecule has 2 N–H and O–H groups in total. The highest BCUT2D eigenvalue weighted by Gasteiger charge is 2.23. The van der Waals surface area contributed by atoms with Gasteiger partial charge in [0.1, 0.15) is 0 Å². The van der Waals surface area contributed by atoms with Crippen molar-refractivity contribution in [1.82, 2.24) is 10.6 Å². The lowest BCUT2D eigenvalue weighted by Crippen LogP contribution is -2.42. The quantitative estimate of drug-likeness (QED) is 0.713. The van der Waals surface area contributed by atoms with E-state index in [4.69, 9.17) is 0 Å². The normalized spacial score (nSPS) is 23.4. The van der Waals surface area contributed by atoms with Gasteiger partial charge >= 0.3 is 0 Å². The first-order chi connectivity index (χ1) is 8.74. The molecule has 3 nitrogen and oxygen atoms in total. The lowest BCUT2D eigenvalue weighted by molar-refractivity contribution is -0.121. The van der Waals surface area contributed by atoms with Gasteiger partial charge in [-0.2, -0.15) is 0 Å². The number of nitrogens with one attached hydrogen (secondary N) is 2. The molecule has 1 atom stereocenters. The number of carbonyl (C=O) groups excluding carboxylic acids is 1. The van der Waals surface area contributed by atoms with Crippen LogP contribution in [0.15, 0.2) is 0 Å². The Morgan fingerprint density at radius 1 is 1.11 bits per heavy atom. The summed E-state index contributed by atoms with van der Waals surface area (Å²) < 4.78 is 0. The first-order valence-electron chi connectivity index (χ1n) is 7.77. The molecule has 0 heterocycles. The van der Waals surface area contributed by atoms with Gasteiger partial charge in [-0.15, -0.1) is 0 Å². The smallest absolute Gasteiger partial charge is 0.234 e. The Bertz CT molecular complexity index is 255. The fourth-order valence-corrected chi connectivity index (χ4v) is 2.91. The second kappa shape index (κ2) is 7.13. The fourth-order valence-electron chi connectivity index (χ4n) is 2.91. The maximum Gasteiger partial charge on any atom is 0.234 e. The van der Waals surface area contributed by atoms with E-state index in [1.54, 1.807) is 0 Å². The van der Waals surface area contributed by atoms with Crippen molar-refractivity contribution in [3.8, 4) is 0 Å². The monoisotopic (exact) mass is 252 g/mol. The third-order valence-electron chi connectivity index (χ3n) is 4.22. The van der Waals surface area contributed by atoms with E-state index in [1.807, 2.05) is 0 Å². The van der Waals surface area contributed by atoms with Crippen LogP contribution in [0.1, 0.15) is 64.7 Å². The molecule has 0 aromatic rings. The summed E-state index contributed by atoms with van der Waals surface area (Å²) >= 11 is 0. The largest absolute Gasteiger partial charge is 0.352 e. The molecule has 0 radical (unpaired) electrons. The minimum absolute atomic E-state index is 0.185. The summed E-state index contributed by atoms with van der Waals surface area (Å²) in [6.45, 7) is 2.68. The molecule has 0 bridgehead atoms. The lowest BCUT2D eigenvalue weighted by atomic mass is 10.1. The van der Waals surface area contributed by atoms with Crippen molar-refractivity contribution in [2.24, 2.45) is 5.92 Å². The highest BCUT2D eigenvalue weighted by Crippen LogP contribution is 2.33. The molecule has 1 amide bonds. The average molecular weight is 252 g/mol. The highest BCUT2D eigenvalue weighted by atomic mass is 16.1. The minimum atomic E-state index is 0.185. The van der Waals surface area contributed by atoms with E-state index in [1.165, 1.54) is 57.8 Å². The molecule has 0 spiro atoms. The van der Waals surface area contributed by atoms with Gasteiger partial charge in [-0.1, -0.05) is 38.5 Å². The summed E-state index contributed by atoms with van der Waals surface area (Å²) in [4.78, 5) is 11.9. The van der Waals surface area contributed by atoms with Gasteiger partial charge in [0.2, 0.25) is 5.91 Å². The Balaban J connectivity index is 1.58.